The van der Waals surface area contributed by atoms with Crippen molar-refractivity contribution in [3.63, 3.8) is 0 Å². The lowest BCUT2D eigenvalue weighted by Crippen LogP contribution is -2.45. The van der Waals surface area contributed by atoms with Crippen LogP contribution >= 0.6 is 0 Å². The summed E-state index contributed by atoms with van der Waals surface area (Å²) in [5, 5.41) is 3.13. The minimum atomic E-state index is 0.0649. The van der Waals surface area contributed by atoms with Crippen molar-refractivity contribution < 1.29 is 9.53 Å². The number of amides is 1. The number of hydrogen-bond donors (Lipinski definition) is 2. The summed E-state index contributed by atoms with van der Waals surface area (Å²) in [5.74, 6) is 1.35. The van der Waals surface area contributed by atoms with Crippen molar-refractivity contribution in [1.29, 1.82) is 0 Å². The molecule has 0 heterocycles. The molecular formula is C18H28N2O2. The Hall–Kier alpha value is -1.55. The predicted molar refractivity (Wildman–Crippen MR) is 89.0 cm³/mol. The Morgan fingerprint density at radius 2 is 2.09 bits per heavy atom. The van der Waals surface area contributed by atoms with Gasteiger partial charge < -0.3 is 15.8 Å². The molecule has 1 amide bonds. The van der Waals surface area contributed by atoms with Gasteiger partial charge in [-0.3, -0.25) is 4.79 Å². The number of ether oxygens (including phenoxy) is 1. The third kappa shape index (κ3) is 4.73. The SMILES string of the molecule is Cc1ccc(OCCC(=O)NC2CCCCC2CN)c(C)c1. The molecule has 4 heteroatoms. The fourth-order valence-electron chi connectivity index (χ4n) is 3.17. The van der Waals surface area contributed by atoms with E-state index in [2.05, 4.69) is 18.3 Å². The van der Waals surface area contributed by atoms with Gasteiger partial charge in [-0.1, -0.05) is 30.5 Å². The minimum absolute atomic E-state index is 0.0649. The summed E-state index contributed by atoms with van der Waals surface area (Å²) in [7, 11) is 0. The first kappa shape index (κ1) is 16.8. The van der Waals surface area contributed by atoms with Crippen LogP contribution in [0, 0.1) is 19.8 Å². The lowest BCUT2D eigenvalue weighted by atomic mass is 9.84. The van der Waals surface area contributed by atoms with Crippen molar-refractivity contribution in [2.75, 3.05) is 13.2 Å². The Balaban J connectivity index is 1.75. The number of nitrogens with one attached hydrogen (secondary N) is 1. The van der Waals surface area contributed by atoms with Gasteiger partial charge in [-0.05, 0) is 50.8 Å². The lowest BCUT2D eigenvalue weighted by molar-refractivity contribution is -0.122. The van der Waals surface area contributed by atoms with Crippen LogP contribution in [0.3, 0.4) is 0 Å². The molecular weight excluding hydrogens is 276 g/mol. The number of hydrogen-bond acceptors (Lipinski definition) is 3. The number of carbonyl (C=O) groups excluding carboxylic acids is 1. The molecule has 0 spiro atoms. The van der Waals surface area contributed by atoms with Crippen LogP contribution in [0.1, 0.15) is 43.2 Å². The minimum Gasteiger partial charge on any atom is -0.493 e. The molecule has 4 nitrogen and oxygen atoms in total. The van der Waals surface area contributed by atoms with Crippen LogP contribution in [0.25, 0.3) is 0 Å². The van der Waals surface area contributed by atoms with Gasteiger partial charge in [-0.2, -0.15) is 0 Å². The molecule has 0 saturated heterocycles. The van der Waals surface area contributed by atoms with E-state index in [1.165, 1.54) is 18.4 Å². The Morgan fingerprint density at radius 3 is 2.82 bits per heavy atom. The quantitative estimate of drug-likeness (QED) is 0.849. The molecule has 0 radical (unpaired) electrons. The van der Waals surface area contributed by atoms with Crippen LogP contribution in [0.5, 0.6) is 5.75 Å². The summed E-state index contributed by atoms with van der Waals surface area (Å²) in [6.45, 7) is 5.15. The topological polar surface area (TPSA) is 64.3 Å². The number of carbonyl (C=O) groups is 1. The van der Waals surface area contributed by atoms with Crippen molar-refractivity contribution in [1.82, 2.24) is 5.32 Å². The summed E-state index contributed by atoms with van der Waals surface area (Å²) in [4.78, 5) is 12.1. The van der Waals surface area contributed by atoms with Gasteiger partial charge in [0, 0.05) is 6.04 Å². The van der Waals surface area contributed by atoms with E-state index in [4.69, 9.17) is 10.5 Å². The van der Waals surface area contributed by atoms with Crippen molar-refractivity contribution >= 4 is 5.91 Å². The summed E-state index contributed by atoms with van der Waals surface area (Å²) < 4.78 is 5.72. The number of benzene rings is 1. The normalized spacial score (nSPS) is 21.4. The molecule has 2 unspecified atom stereocenters. The molecule has 0 aliphatic heterocycles. The maximum absolute atomic E-state index is 12.1. The van der Waals surface area contributed by atoms with Gasteiger partial charge in [-0.15, -0.1) is 0 Å². The van der Waals surface area contributed by atoms with Gasteiger partial charge in [0.1, 0.15) is 5.75 Å². The molecule has 22 heavy (non-hydrogen) atoms. The van der Waals surface area contributed by atoms with Crippen molar-refractivity contribution in [2.24, 2.45) is 11.7 Å². The first-order valence-electron chi connectivity index (χ1n) is 8.29. The standard InChI is InChI=1S/C18H28N2O2/c1-13-7-8-17(14(2)11-13)22-10-9-18(21)20-16-6-4-3-5-15(16)12-19/h7-8,11,15-16H,3-6,9-10,12,19H2,1-2H3,(H,20,21). The summed E-state index contributed by atoms with van der Waals surface area (Å²) in [6, 6.07) is 6.32. The number of rotatable bonds is 6. The average molecular weight is 304 g/mol. The van der Waals surface area contributed by atoms with Crippen LogP contribution in [0.2, 0.25) is 0 Å². The summed E-state index contributed by atoms with van der Waals surface area (Å²) in [5.41, 5.74) is 8.12. The van der Waals surface area contributed by atoms with E-state index in [9.17, 15) is 4.79 Å². The molecule has 3 N–H and O–H groups in total. The van der Waals surface area contributed by atoms with E-state index in [0.29, 0.717) is 25.5 Å². The molecule has 0 aromatic heterocycles. The predicted octanol–water partition coefficient (Wildman–Crippen LogP) is 2.71. The highest BCUT2D eigenvalue weighted by Crippen LogP contribution is 2.23. The zero-order valence-corrected chi connectivity index (χ0v) is 13.7. The molecule has 1 fully saturated rings. The largest absolute Gasteiger partial charge is 0.493 e. The summed E-state index contributed by atoms with van der Waals surface area (Å²) >= 11 is 0. The molecule has 1 aliphatic rings. The molecule has 1 aliphatic carbocycles. The van der Waals surface area contributed by atoms with Crippen molar-refractivity contribution in [2.45, 2.75) is 52.0 Å². The third-order valence-electron chi connectivity index (χ3n) is 4.48. The fourth-order valence-corrected chi connectivity index (χ4v) is 3.17. The zero-order valence-electron chi connectivity index (χ0n) is 13.7. The second-order valence-corrected chi connectivity index (χ2v) is 6.32. The Labute approximate surface area is 133 Å². The first-order valence-corrected chi connectivity index (χ1v) is 8.29. The molecule has 122 valence electrons. The Morgan fingerprint density at radius 1 is 1.32 bits per heavy atom. The van der Waals surface area contributed by atoms with E-state index in [0.717, 1.165) is 24.2 Å². The van der Waals surface area contributed by atoms with Gasteiger partial charge in [0.05, 0.1) is 13.0 Å². The molecule has 2 atom stereocenters. The molecule has 1 saturated carbocycles. The maximum Gasteiger partial charge on any atom is 0.223 e. The van der Waals surface area contributed by atoms with Crippen LogP contribution in [-0.4, -0.2) is 25.1 Å². The highest BCUT2D eigenvalue weighted by Gasteiger charge is 2.25. The highest BCUT2D eigenvalue weighted by molar-refractivity contribution is 5.76. The van der Waals surface area contributed by atoms with E-state index in [1.54, 1.807) is 0 Å². The third-order valence-corrected chi connectivity index (χ3v) is 4.48. The fraction of sp³-hybridized carbons (Fsp3) is 0.611. The molecule has 1 aromatic carbocycles. The molecule has 0 bridgehead atoms. The van der Waals surface area contributed by atoms with Gasteiger partial charge in [-0.25, -0.2) is 0 Å². The smallest absolute Gasteiger partial charge is 0.223 e. The monoisotopic (exact) mass is 304 g/mol. The lowest BCUT2D eigenvalue weighted by Gasteiger charge is -2.31. The van der Waals surface area contributed by atoms with Crippen LogP contribution in [-0.2, 0) is 4.79 Å². The van der Waals surface area contributed by atoms with E-state index >= 15 is 0 Å². The maximum atomic E-state index is 12.1. The second kappa shape index (κ2) is 8.18. The molecule has 2 rings (SSSR count). The van der Waals surface area contributed by atoms with Crippen LogP contribution in [0.15, 0.2) is 18.2 Å². The number of aryl methyl sites for hydroxylation is 2. The highest BCUT2D eigenvalue weighted by atomic mass is 16.5. The zero-order chi connectivity index (χ0) is 15.9. The van der Waals surface area contributed by atoms with Gasteiger partial charge >= 0.3 is 0 Å². The van der Waals surface area contributed by atoms with Gasteiger partial charge in [0.15, 0.2) is 0 Å². The molecule has 1 aromatic rings. The van der Waals surface area contributed by atoms with Crippen LogP contribution < -0.4 is 15.8 Å². The Bertz CT molecular complexity index is 502. The first-order chi connectivity index (χ1) is 10.6. The van der Waals surface area contributed by atoms with Gasteiger partial charge in [0.25, 0.3) is 0 Å². The van der Waals surface area contributed by atoms with Gasteiger partial charge in [0.2, 0.25) is 5.91 Å². The van der Waals surface area contributed by atoms with E-state index in [1.807, 2.05) is 19.1 Å². The van der Waals surface area contributed by atoms with E-state index < -0.39 is 0 Å². The summed E-state index contributed by atoms with van der Waals surface area (Å²) in [6.07, 6.45) is 4.97. The Kier molecular flexibility index (Phi) is 6.25. The second-order valence-electron chi connectivity index (χ2n) is 6.32. The van der Waals surface area contributed by atoms with Crippen LogP contribution in [0.4, 0.5) is 0 Å². The van der Waals surface area contributed by atoms with Crippen molar-refractivity contribution in [3.05, 3.63) is 29.3 Å². The average Bonchev–Trinajstić information content (AvgIpc) is 2.50. The number of nitrogens with two attached hydrogens (primary N) is 1. The van der Waals surface area contributed by atoms with E-state index in [-0.39, 0.29) is 11.9 Å². The van der Waals surface area contributed by atoms with Crippen molar-refractivity contribution in [3.8, 4) is 5.75 Å².